The van der Waals surface area contributed by atoms with Crippen molar-refractivity contribution in [2.45, 2.75) is 0 Å². The van der Waals surface area contributed by atoms with Gasteiger partial charge in [-0.3, -0.25) is 0 Å². The molecule has 2 aromatic heterocycles. The Kier molecular flexibility index (Phi) is 3.31. The second kappa shape index (κ2) is 5.40. The first-order valence-corrected chi connectivity index (χ1v) is 7.26. The van der Waals surface area contributed by atoms with E-state index in [0.717, 1.165) is 24.3 Å². The fourth-order valence-electron chi connectivity index (χ4n) is 2.77. The van der Waals surface area contributed by atoms with Crippen molar-refractivity contribution in [1.82, 2.24) is 14.6 Å². The molecule has 0 aliphatic heterocycles. The topological polar surface area (TPSA) is 57.7 Å². The van der Waals surface area contributed by atoms with E-state index in [1.165, 1.54) is 10.9 Å². The average Bonchev–Trinajstić information content (AvgIpc) is 3.09. The summed E-state index contributed by atoms with van der Waals surface area (Å²) >= 11 is 0. The van der Waals surface area contributed by atoms with Crippen LogP contribution in [0.3, 0.4) is 0 Å². The first kappa shape index (κ1) is 15.3. The van der Waals surface area contributed by atoms with Crippen molar-refractivity contribution in [2.75, 3.05) is 17.8 Å². The number of nitrogens with one attached hydrogen (secondary N) is 3. The Morgan fingerprint density at radius 1 is 1.00 bits per heavy atom. The van der Waals surface area contributed by atoms with E-state index in [1.54, 1.807) is 7.05 Å². The molecule has 0 aliphatic carbocycles. The predicted octanol–water partition coefficient (Wildman–Crippen LogP) is 3.99. The van der Waals surface area contributed by atoms with Crippen LogP contribution in [-0.2, 0) is 0 Å². The van der Waals surface area contributed by atoms with Crippen LogP contribution in [0, 0.1) is 23.3 Å². The molecule has 0 spiro atoms. The molecule has 3 N–H and O–H groups in total. The van der Waals surface area contributed by atoms with Gasteiger partial charge in [0.2, 0.25) is 5.95 Å². The molecule has 0 amide bonds. The van der Waals surface area contributed by atoms with E-state index >= 15 is 0 Å². The van der Waals surface area contributed by atoms with Gasteiger partial charge in [0, 0.05) is 36.8 Å². The van der Waals surface area contributed by atoms with Crippen LogP contribution >= 0.6 is 0 Å². The van der Waals surface area contributed by atoms with Crippen LogP contribution in [0.4, 0.5) is 29.2 Å². The van der Waals surface area contributed by atoms with Gasteiger partial charge in [0.1, 0.15) is 11.3 Å². The number of hydrogen-bond donors (Lipinski definition) is 3. The summed E-state index contributed by atoms with van der Waals surface area (Å²) in [6.07, 6.45) is 1.50. The lowest BCUT2D eigenvalue weighted by Crippen LogP contribution is -2.12. The quantitative estimate of drug-likeness (QED) is 0.490. The van der Waals surface area contributed by atoms with E-state index in [0.29, 0.717) is 16.6 Å². The van der Waals surface area contributed by atoms with E-state index in [9.17, 15) is 17.6 Å². The Morgan fingerprint density at radius 2 is 1.76 bits per heavy atom. The molecule has 0 bridgehead atoms. The number of halogens is 4. The van der Waals surface area contributed by atoms with Crippen molar-refractivity contribution in [2.24, 2.45) is 0 Å². The summed E-state index contributed by atoms with van der Waals surface area (Å²) in [6, 6.07) is 3.93. The van der Waals surface area contributed by atoms with Crippen LogP contribution in [0.25, 0.3) is 21.9 Å². The number of rotatable bonds is 3. The fraction of sp³-hybridized carbons (Fsp3) is 0.0625. The predicted molar refractivity (Wildman–Crippen MR) is 86.4 cm³/mol. The summed E-state index contributed by atoms with van der Waals surface area (Å²) in [6.45, 7) is 0. The van der Waals surface area contributed by atoms with E-state index < -0.39 is 23.3 Å². The zero-order valence-electron chi connectivity index (χ0n) is 12.8. The average molecular weight is 349 g/mol. The second-order valence-electron chi connectivity index (χ2n) is 5.39. The van der Waals surface area contributed by atoms with Gasteiger partial charge in [-0.05, 0) is 6.07 Å². The summed E-state index contributed by atoms with van der Waals surface area (Å²) in [7, 11) is 1.54. The third kappa shape index (κ3) is 2.35. The summed E-state index contributed by atoms with van der Waals surface area (Å²) in [5, 5.41) is 3.30. The van der Waals surface area contributed by atoms with Crippen molar-refractivity contribution in [3.05, 3.63) is 53.7 Å². The molecule has 9 heteroatoms. The molecule has 5 nitrogen and oxygen atoms in total. The fourth-order valence-corrected chi connectivity index (χ4v) is 2.77. The van der Waals surface area contributed by atoms with Crippen LogP contribution in [0.2, 0.25) is 0 Å². The third-order valence-electron chi connectivity index (χ3n) is 3.86. The van der Waals surface area contributed by atoms with Crippen molar-refractivity contribution in [3.8, 4) is 0 Å². The summed E-state index contributed by atoms with van der Waals surface area (Å²) in [4.78, 5) is 6.96. The number of fused-ring (bicyclic) bond motifs is 2. The maximum Gasteiger partial charge on any atom is 0.227 e. The lowest BCUT2D eigenvalue weighted by molar-refractivity contribution is 0.511. The largest absolute Gasteiger partial charge is 0.359 e. The Balaban J connectivity index is 1.86. The second-order valence-corrected chi connectivity index (χ2v) is 5.39. The monoisotopic (exact) mass is 349 g/mol. The highest BCUT2D eigenvalue weighted by Gasteiger charge is 2.17. The summed E-state index contributed by atoms with van der Waals surface area (Å²) < 4.78 is 55.6. The van der Waals surface area contributed by atoms with Crippen molar-refractivity contribution in [3.63, 3.8) is 0 Å². The van der Waals surface area contributed by atoms with Gasteiger partial charge in [0.25, 0.3) is 0 Å². The van der Waals surface area contributed by atoms with Crippen LogP contribution < -0.4 is 10.7 Å². The molecule has 0 aliphatic rings. The number of anilines is 2. The highest BCUT2D eigenvalue weighted by molar-refractivity contribution is 5.94. The molecule has 0 atom stereocenters. The third-order valence-corrected chi connectivity index (χ3v) is 3.86. The van der Waals surface area contributed by atoms with Crippen molar-refractivity contribution >= 4 is 33.6 Å². The highest BCUT2D eigenvalue weighted by Crippen LogP contribution is 2.30. The van der Waals surface area contributed by atoms with Crippen LogP contribution in [-0.4, -0.2) is 21.7 Å². The van der Waals surface area contributed by atoms with Crippen molar-refractivity contribution < 1.29 is 17.6 Å². The maximum atomic E-state index is 14.1. The molecule has 4 rings (SSSR count). The van der Waals surface area contributed by atoms with Crippen molar-refractivity contribution in [1.29, 1.82) is 0 Å². The molecule has 0 radical (unpaired) electrons. The van der Waals surface area contributed by atoms with E-state index in [2.05, 4.69) is 20.7 Å². The summed E-state index contributed by atoms with van der Waals surface area (Å²) in [5.74, 6) is -3.34. The molecule has 0 saturated carbocycles. The van der Waals surface area contributed by atoms with Gasteiger partial charge < -0.3 is 15.7 Å². The number of aromatic nitrogens is 3. The molecular formula is C16H11F4N5. The standard InChI is InChI=1S/C16H11F4N5/c1-21-25-15-11(20)2-7(17)3-13(15)23-16(25)24-14-6-22-12-5-10(19)9(18)4-8(12)14/h2-6,21-22H,1H3,(H,23,24). The van der Waals surface area contributed by atoms with Gasteiger partial charge >= 0.3 is 0 Å². The smallest absolute Gasteiger partial charge is 0.227 e. The van der Waals surface area contributed by atoms with Gasteiger partial charge in [0.15, 0.2) is 17.5 Å². The van der Waals surface area contributed by atoms with E-state index in [-0.39, 0.29) is 17.0 Å². The molecule has 0 fully saturated rings. The number of nitrogens with zero attached hydrogens (tertiary/aromatic N) is 2. The molecular weight excluding hydrogens is 338 g/mol. The molecule has 2 aromatic carbocycles. The van der Waals surface area contributed by atoms with Gasteiger partial charge in [-0.25, -0.2) is 27.2 Å². The number of aromatic amines is 1. The van der Waals surface area contributed by atoms with Crippen LogP contribution in [0.5, 0.6) is 0 Å². The van der Waals surface area contributed by atoms with Crippen LogP contribution in [0.15, 0.2) is 30.5 Å². The maximum absolute atomic E-state index is 14.1. The molecule has 0 unspecified atom stereocenters. The molecule has 128 valence electrons. The Labute approximate surface area is 138 Å². The number of H-pyrrole nitrogens is 1. The Morgan fingerprint density at radius 3 is 2.52 bits per heavy atom. The first-order valence-electron chi connectivity index (χ1n) is 7.26. The lowest BCUT2D eigenvalue weighted by atomic mass is 10.2. The minimum Gasteiger partial charge on any atom is -0.359 e. The lowest BCUT2D eigenvalue weighted by Gasteiger charge is -2.09. The zero-order chi connectivity index (χ0) is 17.7. The molecule has 2 heterocycles. The highest BCUT2D eigenvalue weighted by atomic mass is 19.2. The minimum absolute atomic E-state index is 0.0588. The molecule has 0 saturated heterocycles. The Bertz CT molecular complexity index is 1120. The first-order chi connectivity index (χ1) is 12.0. The zero-order valence-corrected chi connectivity index (χ0v) is 12.8. The SMILES string of the molecule is CNn1c(Nc2c[nH]c3cc(F)c(F)cc23)nc2cc(F)cc(F)c21. The number of benzene rings is 2. The van der Waals surface area contributed by atoms with E-state index in [4.69, 9.17) is 0 Å². The van der Waals surface area contributed by atoms with Gasteiger partial charge in [-0.1, -0.05) is 0 Å². The molecule has 25 heavy (non-hydrogen) atoms. The number of hydrogen-bond acceptors (Lipinski definition) is 3. The Hall–Kier alpha value is -3.23. The molecule has 4 aromatic rings. The summed E-state index contributed by atoms with van der Waals surface area (Å²) in [5.41, 5.74) is 3.69. The minimum atomic E-state index is -0.995. The van der Waals surface area contributed by atoms with Gasteiger partial charge in [0.05, 0.1) is 16.7 Å². The van der Waals surface area contributed by atoms with Gasteiger partial charge in [-0.2, -0.15) is 0 Å². The van der Waals surface area contributed by atoms with Crippen LogP contribution in [0.1, 0.15) is 0 Å². The van der Waals surface area contributed by atoms with Gasteiger partial charge in [-0.15, -0.1) is 0 Å². The normalized spacial score (nSPS) is 11.4. The van der Waals surface area contributed by atoms with E-state index in [1.807, 2.05) is 0 Å². The number of imidazole rings is 1.